The van der Waals surface area contributed by atoms with Gasteiger partial charge in [0.15, 0.2) is 0 Å². The molecular weight excluding hydrogens is 568 g/mol. The lowest BCUT2D eigenvalue weighted by atomic mass is 9.93. The van der Waals surface area contributed by atoms with Crippen LogP contribution in [0.2, 0.25) is 0 Å². The minimum atomic E-state index is -0.995. The van der Waals surface area contributed by atoms with Crippen LogP contribution in [0.3, 0.4) is 0 Å². The number of methoxy groups -OCH3 is 1. The molecule has 230 valence electrons. The van der Waals surface area contributed by atoms with Crippen molar-refractivity contribution in [1.29, 1.82) is 0 Å². The third kappa shape index (κ3) is 7.21. The van der Waals surface area contributed by atoms with Crippen molar-refractivity contribution in [2.75, 3.05) is 17.7 Å². The fourth-order valence-electron chi connectivity index (χ4n) is 5.18. The molecule has 2 aromatic heterocycles. The van der Waals surface area contributed by atoms with Crippen molar-refractivity contribution in [3.8, 4) is 28.1 Å². The summed E-state index contributed by atoms with van der Waals surface area (Å²) in [6.07, 6.45) is 1.03. The maximum atomic E-state index is 12.5. The number of carbonyl (C=O) groups is 2. The first-order valence-corrected chi connectivity index (χ1v) is 14.6. The molecule has 0 radical (unpaired) electrons. The SMILES string of the molecule is COc1ccc(-c2cc3c(C(C)Nc4ccccc4C(=O)O)cc(C)cc3nc2-c2ccnc(NC(=O)OC(C)(C)C)c2)cc1. The highest BCUT2D eigenvalue weighted by molar-refractivity contribution is 5.96. The number of pyridine rings is 2. The second-order valence-electron chi connectivity index (χ2n) is 11.8. The van der Waals surface area contributed by atoms with E-state index in [9.17, 15) is 14.7 Å². The Balaban J connectivity index is 1.64. The largest absolute Gasteiger partial charge is 0.497 e. The van der Waals surface area contributed by atoms with Gasteiger partial charge in [-0.25, -0.2) is 19.6 Å². The summed E-state index contributed by atoms with van der Waals surface area (Å²) in [7, 11) is 1.62. The number of amides is 1. The predicted octanol–water partition coefficient (Wildman–Crippen LogP) is 8.50. The molecular formula is C36H36N4O5. The molecule has 5 aromatic rings. The number of aromatic carboxylic acids is 1. The quantitative estimate of drug-likeness (QED) is 0.161. The molecule has 5 rings (SSSR count). The zero-order valence-electron chi connectivity index (χ0n) is 26.1. The van der Waals surface area contributed by atoms with Crippen LogP contribution in [0.5, 0.6) is 5.75 Å². The van der Waals surface area contributed by atoms with Gasteiger partial charge >= 0.3 is 12.1 Å². The van der Waals surface area contributed by atoms with Crippen molar-refractivity contribution in [2.45, 2.75) is 46.3 Å². The number of aromatic nitrogens is 2. The van der Waals surface area contributed by atoms with Crippen molar-refractivity contribution in [2.24, 2.45) is 0 Å². The molecule has 2 heterocycles. The Kier molecular flexibility index (Phi) is 8.72. The highest BCUT2D eigenvalue weighted by Gasteiger charge is 2.20. The van der Waals surface area contributed by atoms with Crippen LogP contribution in [0, 0.1) is 6.92 Å². The van der Waals surface area contributed by atoms with Gasteiger partial charge in [0.1, 0.15) is 17.2 Å². The number of rotatable bonds is 8. The summed E-state index contributed by atoms with van der Waals surface area (Å²) in [5, 5.41) is 16.8. The monoisotopic (exact) mass is 604 g/mol. The van der Waals surface area contributed by atoms with Gasteiger partial charge in [0, 0.05) is 34.4 Å². The van der Waals surface area contributed by atoms with Gasteiger partial charge in [-0.15, -0.1) is 0 Å². The van der Waals surface area contributed by atoms with Crippen molar-refractivity contribution >= 4 is 34.5 Å². The molecule has 0 bridgehead atoms. The molecule has 0 saturated carbocycles. The number of fused-ring (bicyclic) bond motifs is 1. The standard InChI is InChI=1S/C36H36N4O5/c1-21-17-27(22(2)38-30-10-8-7-9-26(30)34(41)42)29-20-28(23-11-13-25(44-6)14-12-23)33(39-31(29)18-21)24-15-16-37-32(19-24)40-35(43)45-36(3,4)5/h7-20,22,38H,1-6H3,(H,41,42)(H,37,40,43). The van der Waals surface area contributed by atoms with Gasteiger partial charge in [-0.05, 0) is 99.8 Å². The lowest BCUT2D eigenvalue weighted by molar-refractivity contribution is 0.0633. The molecule has 0 fully saturated rings. The van der Waals surface area contributed by atoms with E-state index in [4.69, 9.17) is 14.5 Å². The van der Waals surface area contributed by atoms with E-state index in [-0.39, 0.29) is 11.6 Å². The average Bonchev–Trinajstić information content (AvgIpc) is 2.99. The van der Waals surface area contributed by atoms with Gasteiger partial charge in [-0.1, -0.05) is 30.3 Å². The lowest BCUT2D eigenvalue weighted by Crippen LogP contribution is -2.27. The van der Waals surface area contributed by atoms with E-state index in [0.29, 0.717) is 17.2 Å². The predicted molar refractivity (Wildman–Crippen MR) is 177 cm³/mol. The second-order valence-corrected chi connectivity index (χ2v) is 11.8. The van der Waals surface area contributed by atoms with Crippen LogP contribution in [0.25, 0.3) is 33.3 Å². The van der Waals surface area contributed by atoms with Crippen LogP contribution in [-0.2, 0) is 4.74 Å². The molecule has 45 heavy (non-hydrogen) atoms. The maximum absolute atomic E-state index is 12.5. The van der Waals surface area contributed by atoms with E-state index in [1.807, 2.05) is 56.3 Å². The fourth-order valence-corrected chi connectivity index (χ4v) is 5.18. The number of carbonyl (C=O) groups excluding carboxylic acids is 1. The maximum Gasteiger partial charge on any atom is 0.413 e. The van der Waals surface area contributed by atoms with E-state index in [1.165, 1.54) is 0 Å². The lowest BCUT2D eigenvalue weighted by Gasteiger charge is -2.21. The Morgan fingerprint density at radius 2 is 1.67 bits per heavy atom. The zero-order chi connectivity index (χ0) is 32.3. The summed E-state index contributed by atoms with van der Waals surface area (Å²) in [5.74, 6) is 0.0718. The number of aryl methyl sites for hydroxylation is 1. The third-order valence-electron chi connectivity index (χ3n) is 7.17. The average molecular weight is 605 g/mol. The highest BCUT2D eigenvalue weighted by atomic mass is 16.6. The van der Waals surface area contributed by atoms with Crippen molar-refractivity contribution in [1.82, 2.24) is 9.97 Å². The van der Waals surface area contributed by atoms with Crippen molar-refractivity contribution in [3.05, 3.63) is 102 Å². The number of ether oxygens (including phenoxy) is 2. The Hall–Kier alpha value is -5.44. The summed E-state index contributed by atoms with van der Waals surface area (Å²) < 4.78 is 10.8. The molecule has 1 unspecified atom stereocenters. The van der Waals surface area contributed by atoms with Crippen molar-refractivity contribution < 1.29 is 24.2 Å². The number of benzene rings is 3. The Morgan fingerprint density at radius 1 is 0.933 bits per heavy atom. The smallest absolute Gasteiger partial charge is 0.413 e. The number of carboxylic acid groups (broad SMARTS) is 1. The minimum Gasteiger partial charge on any atom is -0.497 e. The zero-order valence-corrected chi connectivity index (χ0v) is 26.1. The minimum absolute atomic E-state index is 0.203. The Morgan fingerprint density at radius 3 is 2.36 bits per heavy atom. The molecule has 3 aromatic carbocycles. The van der Waals surface area contributed by atoms with Gasteiger partial charge in [0.05, 0.1) is 23.9 Å². The van der Waals surface area contributed by atoms with Gasteiger partial charge < -0.3 is 19.9 Å². The first-order valence-electron chi connectivity index (χ1n) is 14.6. The van der Waals surface area contributed by atoms with E-state index < -0.39 is 17.7 Å². The first kappa shape index (κ1) is 31.0. The number of nitrogens with zero attached hydrogens (tertiary/aromatic N) is 2. The van der Waals surface area contributed by atoms with E-state index in [1.54, 1.807) is 58.3 Å². The summed E-state index contributed by atoms with van der Waals surface area (Å²) in [5.41, 5.74) is 6.09. The van der Waals surface area contributed by atoms with Crippen LogP contribution in [0.4, 0.5) is 16.3 Å². The van der Waals surface area contributed by atoms with Gasteiger partial charge in [-0.3, -0.25) is 5.32 Å². The summed E-state index contributed by atoms with van der Waals surface area (Å²) >= 11 is 0. The molecule has 1 atom stereocenters. The van der Waals surface area contributed by atoms with Crippen LogP contribution < -0.4 is 15.4 Å². The third-order valence-corrected chi connectivity index (χ3v) is 7.17. The second kappa shape index (κ2) is 12.7. The Labute approximate surface area is 262 Å². The summed E-state index contributed by atoms with van der Waals surface area (Å²) in [4.78, 5) is 33.9. The van der Waals surface area contributed by atoms with Crippen LogP contribution in [0.15, 0.2) is 85.1 Å². The number of para-hydroxylation sites is 1. The van der Waals surface area contributed by atoms with Crippen molar-refractivity contribution in [3.63, 3.8) is 0 Å². The van der Waals surface area contributed by atoms with Gasteiger partial charge in [0.2, 0.25) is 0 Å². The van der Waals surface area contributed by atoms with Crippen LogP contribution >= 0.6 is 0 Å². The normalized spacial score (nSPS) is 12.0. The summed E-state index contributed by atoms with van der Waals surface area (Å²) in [6.45, 7) is 9.41. The number of hydrogen-bond donors (Lipinski definition) is 3. The number of hydrogen-bond acceptors (Lipinski definition) is 7. The van der Waals surface area contributed by atoms with Gasteiger partial charge in [-0.2, -0.15) is 0 Å². The number of carboxylic acids is 1. The molecule has 3 N–H and O–H groups in total. The highest BCUT2D eigenvalue weighted by Crippen LogP contribution is 2.38. The first-order chi connectivity index (χ1) is 21.4. The topological polar surface area (TPSA) is 123 Å². The van der Waals surface area contributed by atoms with Crippen LogP contribution in [-0.4, -0.2) is 39.8 Å². The van der Waals surface area contributed by atoms with E-state index in [2.05, 4.69) is 27.8 Å². The molecule has 1 amide bonds. The van der Waals surface area contributed by atoms with E-state index in [0.717, 1.165) is 44.5 Å². The molecule has 0 aliphatic rings. The molecule has 0 saturated heterocycles. The number of anilines is 2. The molecule has 9 nitrogen and oxygen atoms in total. The van der Waals surface area contributed by atoms with E-state index >= 15 is 0 Å². The number of nitrogens with one attached hydrogen (secondary N) is 2. The molecule has 0 spiro atoms. The summed E-state index contributed by atoms with van der Waals surface area (Å²) in [6, 6.07) is 24.2. The Bertz CT molecular complexity index is 1880. The fraction of sp³-hybridized carbons (Fsp3) is 0.222. The molecule has 9 heteroatoms. The molecule has 0 aliphatic carbocycles. The van der Waals surface area contributed by atoms with Crippen LogP contribution in [0.1, 0.15) is 55.2 Å². The van der Waals surface area contributed by atoms with Gasteiger partial charge in [0.25, 0.3) is 0 Å². The molecule has 0 aliphatic heterocycles.